The number of nitrogens with two attached hydrogens (primary N) is 1. The van der Waals surface area contributed by atoms with Gasteiger partial charge >= 0.3 is 0 Å². The fourth-order valence-electron chi connectivity index (χ4n) is 2.91. The number of hydrogen-bond acceptors (Lipinski definition) is 4. The molecule has 2 aromatic rings. The molecule has 142 valence electrons. The molecule has 1 unspecified atom stereocenters. The first-order chi connectivity index (χ1) is 12.5. The van der Waals surface area contributed by atoms with Crippen LogP contribution in [0.2, 0.25) is 0 Å². The van der Waals surface area contributed by atoms with Crippen molar-refractivity contribution in [2.75, 3.05) is 5.32 Å². The number of anilines is 1. The highest BCUT2D eigenvalue weighted by Crippen LogP contribution is 2.18. The second-order valence-electron chi connectivity index (χ2n) is 6.34. The number of benzene rings is 2. The molecule has 3 N–H and O–H groups in total. The van der Waals surface area contributed by atoms with Gasteiger partial charge in [0.15, 0.2) is 0 Å². The van der Waals surface area contributed by atoms with E-state index in [0.717, 1.165) is 11.1 Å². The number of hydrogen-bond donors (Lipinski definition) is 2. The topological polar surface area (TPSA) is 92.5 Å². The van der Waals surface area contributed by atoms with Crippen molar-refractivity contribution in [2.45, 2.75) is 31.8 Å². The molecule has 6 nitrogen and oxygen atoms in total. The summed E-state index contributed by atoms with van der Waals surface area (Å²) in [4.78, 5) is 36.7. The van der Waals surface area contributed by atoms with Gasteiger partial charge in [0, 0.05) is 31.0 Å². The molecule has 0 aromatic heterocycles. The van der Waals surface area contributed by atoms with E-state index in [1.165, 1.54) is 4.90 Å². The van der Waals surface area contributed by atoms with Crippen LogP contribution < -0.4 is 11.1 Å². The molecule has 7 heteroatoms. The lowest BCUT2D eigenvalue weighted by Crippen LogP contribution is -2.28. The van der Waals surface area contributed by atoms with Crippen LogP contribution in [0.1, 0.15) is 36.4 Å². The van der Waals surface area contributed by atoms with Gasteiger partial charge in [-0.2, -0.15) is 0 Å². The summed E-state index contributed by atoms with van der Waals surface area (Å²) in [6.45, 7) is 0.269. The number of carbonyl (C=O) groups excluding carboxylic acids is 3. The summed E-state index contributed by atoms with van der Waals surface area (Å²) in [6, 6.07) is 16.2. The number of halogens is 1. The number of nitrogens with zero attached hydrogens (tertiary/aromatic N) is 1. The lowest BCUT2D eigenvalue weighted by atomic mass is 10.0. The molecule has 3 amide bonds. The van der Waals surface area contributed by atoms with Gasteiger partial charge in [0.1, 0.15) is 0 Å². The van der Waals surface area contributed by atoms with Crippen LogP contribution in [0.25, 0.3) is 0 Å². The maximum absolute atomic E-state index is 12.2. The van der Waals surface area contributed by atoms with Crippen molar-refractivity contribution >= 4 is 35.8 Å². The molecule has 1 fully saturated rings. The number of imide groups is 1. The van der Waals surface area contributed by atoms with Crippen LogP contribution in [-0.4, -0.2) is 22.6 Å². The summed E-state index contributed by atoms with van der Waals surface area (Å²) in [5.41, 5.74) is 8.47. The summed E-state index contributed by atoms with van der Waals surface area (Å²) in [6.07, 6.45) is 0.756. The van der Waals surface area contributed by atoms with Gasteiger partial charge in [0.25, 0.3) is 0 Å². The number of likely N-dealkylation sites (tertiary alicyclic amines) is 1. The molecule has 1 atom stereocenters. The van der Waals surface area contributed by atoms with Crippen molar-refractivity contribution in [1.82, 2.24) is 4.90 Å². The largest absolute Gasteiger partial charge is 0.326 e. The standard InChI is InChI=1S/C20H21N3O3.ClH/c21-17(15-4-2-1-3-5-15)12-18(24)22-16-8-6-14(7-9-16)13-23-19(25)10-11-20(23)26;/h1-9,17H,10-13,21H2,(H,22,24);1H. The van der Waals surface area contributed by atoms with E-state index in [1.54, 1.807) is 24.3 Å². The molecule has 1 aliphatic heterocycles. The van der Waals surface area contributed by atoms with Crippen LogP contribution in [0.3, 0.4) is 0 Å². The zero-order valence-electron chi connectivity index (χ0n) is 14.8. The third-order valence-electron chi connectivity index (χ3n) is 4.37. The molecule has 0 spiro atoms. The molecule has 1 saturated heterocycles. The van der Waals surface area contributed by atoms with E-state index in [9.17, 15) is 14.4 Å². The summed E-state index contributed by atoms with van der Waals surface area (Å²) >= 11 is 0. The van der Waals surface area contributed by atoms with Gasteiger partial charge in [0.05, 0.1) is 6.54 Å². The third-order valence-corrected chi connectivity index (χ3v) is 4.37. The average Bonchev–Trinajstić information content (AvgIpc) is 2.96. The smallest absolute Gasteiger partial charge is 0.229 e. The van der Waals surface area contributed by atoms with Crippen molar-refractivity contribution in [3.05, 3.63) is 65.7 Å². The molecule has 0 saturated carbocycles. The quantitative estimate of drug-likeness (QED) is 0.745. The first-order valence-electron chi connectivity index (χ1n) is 8.55. The van der Waals surface area contributed by atoms with Crippen molar-refractivity contribution in [3.8, 4) is 0 Å². The van der Waals surface area contributed by atoms with E-state index in [0.29, 0.717) is 5.69 Å². The van der Waals surface area contributed by atoms with E-state index in [-0.39, 0.29) is 62.0 Å². The Morgan fingerprint density at radius 3 is 2.19 bits per heavy atom. The molecule has 2 aromatic carbocycles. The SMILES string of the molecule is Cl.NC(CC(=O)Nc1ccc(CN2C(=O)CCC2=O)cc1)c1ccccc1. The molecular formula is C20H22ClN3O3. The highest BCUT2D eigenvalue weighted by molar-refractivity contribution is 6.01. The monoisotopic (exact) mass is 387 g/mol. The number of nitrogens with one attached hydrogen (secondary N) is 1. The highest BCUT2D eigenvalue weighted by Gasteiger charge is 2.28. The van der Waals surface area contributed by atoms with Gasteiger partial charge in [-0.15, -0.1) is 12.4 Å². The fraction of sp³-hybridized carbons (Fsp3) is 0.250. The minimum Gasteiger partial charge on any atom is -0.326 e. The molecule has 1 aliphatic rings. The van der Waals surface area contributed by atoms with Gasteiger partial charge < -0.3 is 11.1 Å². The van der Waals surface area contributed by atoms with Gasteiger partial charge in [-0.1, -0.05) is 42.5 Å². The Bertz CT molecular complexity index is 793. The van der Waals surface area contributed by atoms with E-state index < -0.39 is 0 Å². The summed E-state index contributed by atoms with van der Waals surface area (Å²) in [7, 11) is 0. The normalized spacial score (nSPS) is 14.6. The predicted molar refractivity (Wildman–Crippen MR) is 105 cm³/mol. The minimum atomic E-state index is -0.359. The molecule has 0 aliphatic carbocycles. The third kappa shape index (κ3) is 5.39. The molecule has 1 heterocycles. The maximum Gasteiger partial charge on any atom is 0.229 e. The zero-order valence-corrected chi connectivity index (χ0v) is 15.6. The van der Waals surface area contributed by atoms with Crippen molar-refractivity contribution in [3.63, 3.8) is 0 Å². The van der Waals surface area contributed by atoms with E-state index in [1.807, 2.05) is 30.3 Å². The van der Waals surface area contributed by atoms with Crippen LogP contribution in [0.4, 0.5) is 5.69 Å². The van der Waals surface area contributed by atoms with E-state index in [2.05, 4.69) is 5.32 Å². The number of rotatable bonds is 6. The Morgan fingerprint density at radius 1 is 1.00 bits per heavy atom. The van der Waals surface area contributed by atoms with Crippen molar-refractivity contribution in [2.24, 2.45) is 5.73 Å². The minimum absolute atomic E-state index is 0. The molecule has 3 rings (SSSR count). The average molecular weight is 388 g/mol. The Labute approximate surface area is 164 Å². The van der Waals surface area contributed by atoms with Gasteiger partial charge in [-0.05, 0) is 23.3 Å². The van der Waals surface area contributed by atoms with Crippen LogP contribution in [0.15, 0.2) is 54.6 Å². The highest BCUT2D eigenvalue weighted by atomic mass is 35.5. The molecule has 0 bridgehead atoms. The first-order valence-corrected chi connectivity index (χ1v) is 8.55. The molecule has 27 heavy (non-hydrogen) atoms. The van der Waals surface area contributed by atoms with Crippen LogP contribution in [-0.2, 0) is 20.9 Å². The second-order valence-corrected chi connectivity index (χ2v) is 6.34. The summed E-state index contributed by atoms with van der Waals surface area (Å²) < 4.78 is 0. The second kappa shape index (κ2) is 9.30. The summed E-state index contributed by atoms with van der Waals surface area (Å²) in [5.74, 6) is -0.441. The maximum atomic E-state index is 12.2. The first kappa shape index (κ1) is 20.6. The molecular weight excluding hydrogens is 366 g/mol. The molecule has 0 radical (unpaired) electrons. The fourth-order valence-corrected chi connectivity index (χ4v) is 2.91. The van der Waals surface area contributed by atoms with Crippen molar-refractivity contribution in [1.29, 1.82) is 0 Å². The van der Waals surface area contributed by atoms with E-state index >= 15 is 0 Å². The number of amides is 3. The number of carbonyl (C=O) groups is 3. The van der Waals surface area contributed by atoms with Crippen LogP contribution in [0, 0.1) is 0 Å². The predicted octanol–water partition coefficient (Wildman–Crippen LogP) is 2.79. The lowest BCUT2D eigenvalue weighted by Gasteiger charge is -2.15. The Kier molecular flexibility index (Phi) is 7.10. The Hall–Kier alpha value is -2.70. The Morgan fingerprint density at radius 2 is 1.59 bits per heavy atom. The van der Waals surface area contributed by atoms with Gasteiger partial charge in [-0.3, -0.25) is 19.3 Å². The van der Waals surface area contributed by atoms with Gasteiger partial charge in [0.2, 0.25) is 17.7 Å². The van der Waals surface area contributed by atoms with Crippen LogP contribution in [0.5, 0.6) is 0 Å². The zero-order chi connectivity index (χ0) is 18.5. The Balaban J connectivity index is 0.00000261. The van der Waals surface area contributed by atoms with Crippen LogP contribution >= 0.6 is 12.4 Å². The van der Waals surface area contributed by atoms with Crippen molar-refractivity contribution < 1.29 is 14.4 Å². The lowest BCUT2D eigenvalue weighted by molar-refractivity contribution is -0.139. The van der Waals surface area contributed by atoms with E-state index in [4.69, 9.17) is 5.73 Å². The summed E-state index contributed by atoms with van der Waals surface area (Å²) in [5, 5.41) is 2.81. The van der Waals surface area contributed by atoms with Gasteiger partial charge in [-0.25, -0.2) is 0 Å².